The van der Waals surface area contributed by atoms with Crippen LogP contribution >= 0.6 is 0 Å². The summed E-state index contributed by atoms with van der Waals surface area (Å²) in [6, 6.07) is 17.8. The van der Waals surface area contributed by atoms with Crippen LogP contribution in [0.25, 0.3) is 10.9 Å². The first-order valence-electron chi connectivity index (χ1n) is 10.2. The molecular formula is C23H26N4O2. The van der Waals surface area contributed by atoms with E-state index >= 15 is 0 Å². The Hall–Kier alpha value is -2.99. The summed E-state index contributed by atoms with van der Waals surface area (Å²) in [6.07, 6.45) is 4.18. The van der Waals surface area contributed by atoms with Gasteiger partial charge >= 0.3 is 0 Å². The van der Waals surface area contributed by atoms with Crippen molar-refractivity contribution in [3.8, 4) is 0 Å². The number of aryl methyl sites for hydroxylation is 1. The van der Waals surface area contributed by atoms with Gasteiger partial charge in [0.1, 0.15) is 0 Å². The number of carbonyl (C=O) groups is 1. The van der Waals surface area contributed by atoms with E-state index in [1.807, 2.05) is 36.4 Å². The van der Waals surface area contributed by atoms with Gasteiger partial charge in [0.05, 0.1) is 23.3 Å². The predicted molar refractivity (Wildman–Crippen MR) is 114 cm³/mol. The number of amides is 1. The van der Waals surface area contributed by atoms with Gasteiger partial charge in [-0.05, 0) is 43.6 Å². The van der Waals surface area contributed by atoms with E-state index in [1.165, 1.54) is 29.3 Å². The molecule has 0 spiro atoms. The van der Waals surface area contributed by atoms with Gasteiger partial charge in [-0.25, -0.2) is 4.98 Å². The third-order valence-electron chi connectivity index (χ3n) is 5.57. The largest absolute Gasteiger partial charge is 0.354 e. The van der Waals surface area contributed by atoms with Crippen molar-refractivity contribution in [2.45, 2.75) is 31.8 Å². The Kier molecular flexibility index (Phi) is 6.00. The zero-order valence-electron chi connectivity index (χ0n) is 16.5. The summed E-state index contributed by atoms with van der Waals surface area (Å²) in [6.45, 7) is 3.02. The number of para-hydroxylation sites is 1. The van der Waals surface area contributed by atoms with Gasteiger partial charge in [0.15, 0.2) is 0 Å². The molecule has 3 aromatic rings. The van der Waals surface area contributed by atoms with Crippen LogP contribution < -0.4 is 10.9 Å². The van der Waals surface area contributed by atoms with Gasteiger partial charge < -0.3 is 5.32 Å². The van der Waals surface area contributed by atoms with Crippen molar-refractivity contribution in [3.05, 3.63) is 76.8 Å². The topological polar surface area (TPSA) is 67.2 Å². The normalized spacial score (nSPS) is 15.4. The molecule has 1 amide bonds. The maximum absolute atomic E-state index is 12.6. The third-order valence-corrected chi connectivity index (χ3v) is 5.57. The second kappa shape index (κ2) is 9.01. The minimum absolute atomic E-state index is 0.0508. The van der Waals surface area contributed by atoms with Crippen molar-refractivity contribution in [3.63, 3.8) is 0 Å². The van der Waals surface area contributed by atoms with Crippen molar-refractivity contribution in [1.82, 2.24) is 19.8 Å². The van der Waals surface area contributed by atoms with Gasteiger partial charge in [-0.2, -0.15) is 0 Å². The molecule has 4 rings (SSSR count). The fourth-order valence-corrected chi connectivity index (χ4v) is 3.97. The minimum atomic E-state index is -0.109. The number of benzene rings is 2. The molecule has 1 atom stereocenters. The maximum Gasteiger partial charge on any atom is 0.261 e. The number of nitrogens with one attached hydrogen (secondary N) is 1. The average molecular weight is 390 g/mol. The molecule has 29 heavy (non-hydrogen) atoms. The summed E-state index contributed by atoms with van der Waals surface area (Å²) in [7, 11) is 0. The van der Waals surface area contributed by atoms with Crippen molar-refractivity contribution in [2.75, 3.05) is 19.6 Å². The SMILES string of the molecule is O=C(CCn1cnc2ccccc2c1=O)NCC(c1ccccc1)N1CCCC1. The number of hydrogen-bond acceptors (Lipinski definition) is 4. The molecule has 1 aromatic heterocycles. The summed E-state index contributed by atoms with van der Waals surface area (Å²) >= 11 is 0. The first kappa shape index (κ1) is 19.3. The van der Waals surface area contributed by atoms with Gasteiger partial charge in [-0.3, -0.25) is 19.1 Å². The molecule has 2 heterocycles. The number of hydrogen-bond donors (Lipinski definition) is 1. The number of likely N-dealkylation sites (tertiary alicyclic amines) is 1. The standard InChI is InChI=1S/C23H26N4O2/c28-22(12-15-27-17-25-20-11-5-4-10-19(20)23(27)29)24-16-21(26-13-6-7-14-26)18-8-2-1-3-9-18/h1-5,8-11,17,21H,6-7,12-16H2,(H,24,28). The molecule has 6 nitrogen and oxygen atoms in total. The molecule has 1 unspecified atom stereocenters. The first-order valence-corrected chi connectivity index (χ1v) is 10.2. The Morgan fingerprint density at radius 2 is 1.76 bits per heavy atom. The number of rotatable bonds is 7. The zero-order chi connectivity index (χ0) is 20.1. The summed E-state index contributed by atoms with van der Waals surface area (Å²) in [5, 5.41) is 3.65. The molecule has 0 radical (unpaired) electrons. The smallest absolute Gasteiger partial charge is 0.261 e. The van der Waals surface area contributed by atoms with Gasteiger partial charge in [0.2, 0.25) is 5.91 Å². The fourth-order valence-electron chi connectivity index (χ4n) is 3.97. The minimum Gasteiger partial charge on any atom is -0.354 e. The zero-order valence-corrected chi connectivity index (χ0v) is 16.5. The number of carbonyl (C=O) groups excluding carboxylic acids is 1. The molecule has 1 aliphatic rings. The molecular weight excluding hydrogens is 364 g/mol. The summed E-state index contributed by atoms with van der Waals surface area (Å²) in [4.78, 5) is 31.8. The number of fused-ring (bicyclic) bond motifs is 1. The highest BCUT2D eigenvalue weighted by molar-refractivity contribution is 5.77. The van der Waals surface area contributed by atoms with Crippen LogP contribution in [-0.2, 0) is 11.3 Å². The van der Waals surface area contributed by atoms with Crippen molar-refractivity contribution >= 4 is 16.8 Å². The lowest BCUT2D eigenvalue weighted by Gasteiger charge is -2.28. The van der Waals surface area contributed by atoms with E-state index in [2.05, 4.69) is 27.3 Å². The lowest BCUT2D eigenvalue weighted by molar-refractivity contribution is -0.121. The Balaban J connectivity index is 1.38. The fraction of sp³-hybridized carbons (Fsp3) is 0.348. The first-order chi connectivity index (χ1) is 14.2. The second-order valence-electron chi connectivity index (χ2n) is 7.48. The van der Waals surface area contributed by atoms with E-state index in [1.54, 1.807) is 6.07 Å². The average Bonchev–Trinajstić information content (AvgIpc) is 3.29. The van der Waals surface area contributed by atoms with Crippen LogP contribution in [0.4, 0.5) is 0 Å². The van der Waals surface area contributed by atoms with Crippen LogP contribution in [0.1, 0.15) is 30.9 Å². The van der Waals surface area contributed by atoms with Gasteiger partial charge in [-0.1, -0.05) is 42.5 Å². The molecule has 1 saturated heterocycles. The number of aromatic nitrogens is 2. The van der Waals surface area contributed by atoms with Gasteiger partial charge in [0.25, 0.3) is 5.56 Å². The van der Waals surface area contributed by atoms with Crippen molar-refractivity contribution < 1.29 is 4.79 Å². The summed E-state index contributed by atoms with van der Waals surface area (Å²) < 4.78 is 1.51. The highest BCUT2D eigenvalue weighted by Gasteiger charge is 2.23. The molecule has 1 fully saturated rings. The van der Waals surface area contributed by atoms with Crippen LogP contribution in [0, 0.1) is 0 Å². The number of nitrogens with zero attached hydrogens (tertiary/aromatic N) is 3. The van der Waals surface area contributed by atoms with Crippen molar-refractivity contribution in [1.29, 1.82) is 0 Å². The second-order valence-corrected chi connectivity index (χ2v) is 7.48. The highest BCUT2D eigenvalue weighted by Crippen LogP contribution is 2.24. The Morgan fingerprint density at radius 3 is 2.55 bits per heavy atom. The monoisotopic (exact) mass is 390 g/mol. The quantitative estimate of drug-likeness (QED) is 0.674. The molecule has 0 bridgehead atoms. The maximum atomic E-state index is 12.6. The van der Waals surface area contributed by atoms with Crippen LogP contribution in [0.2, 0.25) is 0 Å². The molecule has 1 N–H and O–H groups in total. The lowest BCUT2D eigenvalue weighted by Crippen LogP contribution is -2.37. The Bertz CT molecular complexity index is 1030. The third kappa shape index (κ3) is 4.54. The van der Waals surface area contributed by atoms with E-state index in [9.17, 15) is 9.59 Å². The predicted octanol–water partition coefficient (Wildman–Crippen LogP) is 2.74. The van der Waals surface area contributed by atoms with Crippen LogP contribution in [-0.4, -0.2) is 40.0 Å². The lowest BCUT2D eigenvalue weighted by atomic mass is 10.1. The van der Waals surface area contributed by atoms with Gasteiger partial charge in [-0.15, -0.1) is 0 Å². The van der Waals surface area contributed by atoms with Crippen molar-refractivity contribution in [2.24, 2.45) is 0 Å². The molecule has 2 aromatic carbocycles. The van der Waals surface area contributed by atoms with E-state index < -0.39 is 0 Å². The molecule has 0 aliphatic carbocycles. The van der Waals surface area contributed by atoms with E-state index in [-0.39, 0.29) is 23.9 Å². The molecule has 1 aliphatic heterocycles. The summed E-state index contributed by atoms with van der Waals surface area (Å²) in [5.41, 5.74) is 1.79. The van der Waals surface area contributed by atoms with Crippen LogP contribution in [0.15, 0.2) is 65.7 Å². The van der Waals surface area contributed by atoms with Crippen LogP contribution in [0.5, 0.6) is 0 Å². The highest BCUT2D eigenvalue weighted by atomic mass is 16.1. The molecule has 6 heteroatoms. The van der Waals surface area contributed by atoms with Gasteiger partial charge in [0, 0.05) is 19.5 Å². The molecule has 150 valence electrons. The van der Waals surface area contributed by atoms with E-state index in [0.717, 1.165) is 13.1 Å². The molecule has 0 saturated carbocycles. The Morgan fingerprint density at radius 1 is 1.03 bits per heavy atom. The Labute approximate surface area is 170 Å². The van der Waals surface area contributed by atoms with E-state index in [0.29, 0.717) is 24.0 Å². The van der Waals surface area contributed by atoms with E-state index in [4.69, 9.17) is 0 Å². The summed E-state index contributed by atoms with van der Waals surface area (Å²) in [5.74, 6) is -0.0508. The van der Waals surface area contributed by atoms with Crippen LogP contribution in [0.3, 0.4) is 0 Å².